The van der Waals surface area contributed by atoms with Crippen LogP contribution in [0.15, 0.2) is 40.9 Å². The second kappa shape index (κ2) is 6.48. The molecule has 0 spiro atoms. The van der Waals surface area contributed by atoms with Crippen molar-refractivity contribution in [2.24, 2.45) is 0 Å². The van der Waals surface area contributed by atoms with Crippen LogP contribution in [0.2, 0.25) is 0 Å². The first kappa shape index (κ1) is 13.0. The molecular weight excluding hydrogens is 218 g/mol. The molecule has 1 aromatic heterocycles. The standard InChI is InChI=1S/C11H9NO3.C2H6/c13-11(14)7-9-6-10(12-15-9)8-4-2-1-3-5-8;1-2/h1-6H,7H2,(H,13,14);1-2H3. The summed E-state index contributed by atoms with van der Waals surface area (Å²) in [5.41, 5.74) is 1.57. The molecule has 4 heteroatoms. The smallest absolute Gasteiger partial charge is 0.311 e. The van der Waals surface area contributed by atoms with Gasteiger partial charge in [0, 0.05) is 11.6 Å². The summed E-state index contributed by atoms with van der Waals surface area (Å²) in [7, 11) is 0. The van der Waals surface area contributed by atoms with E-state index in [2.05, 4.69) is 5.16 Å². The lowest BCUT2D eigenvalue weighted by molar-refractivity contribution is -0.136. The van der Waals surface area contributed by atoms with Gasteiger partial charge in [-0.15, -0.1) is 0 Å². The van der Waals surface area contributed by atoms with Crippen LogP contribution in [0.5, 0.6) is 0 Å². The fourth-order valence-corrected chi connectivity index (χ4v) is 1.29. The number of hydrogen-bond acceptors (Lipinski definition) is 3. The molecule has 0 atom stereocenters. The maximum absolute atomic E-state index is 10.4. The van der Waals surface area contributed by atoms with Crippen LogP contribution >= 0.6 is 0 Å². The second-order valence-electron chi connectivity index (χ2n) is 3.12. The summed E-state index contributed by atoms with van der Waals surface area (Å²) in [5, 5.41) is 12.4. The predicted molar refractivity (Wildman–Crippen MR) is 64.6 cm³/mol. The quantitative estimate of drug-likeness (QED) is 0.885. The van der Waals surface area contributed by atoms with Gasteiger partial charge < -0.3 is 9.63 Å². The number of benzene rings is 1. The van der Waals surface area contributed by atoms with Gasteiger partial charge in [-0.05, 0) is 0 Å². The van der Waals surface area contributed by atoms with Crippen LogP contribution in [0.1, 0.15) is 19.6 Å². The Labute approximate surface area is 99.9 Å². The minimum Gasteiger partial charge on any atom is -0.481 e. The molecule has 0 unspecified atom stereocenters. The van der Waals surface area contributed by atoms with E-state index in [1.807, 2.05) is 44.2 Å². The molecule has 0 aliphatic heterocycles. The van der Waals surface area contributed by atoms with Crippen molar-refractivity contribution in [3.05, 3.63) is 42.2 Å². The van der Waals surface area contributed by atoms with Gasteiger partial charge in [0.25, 0.3) is 0 Å². The minimum atomic E-state index is -0.925. The van der Waals surface area contributed by atoms with Crippen LogP contribution < -0.4 is 0 Å². The van der Waals surface area contributed by atoms with Crippen molar-refractivity contribution in [2.75, 3.05) is 0 Å². The second-order valence-corrected chi connectivity index (χ2v) is 3.12. The number of rotatable bonds is 3. The highest BCUT2D eigenvalue weighted by molar-refractivity contribution is 5.70. The number of aromatic nitrogens is 1. The summed E-state index contributed by atoms with van der Waals surface area (Å²) < 4.78 is 4.90. The zero-order valence-electron chi connectivity index (χ0n) is 9.88. The van der Waals surface area contributed by atoms with Gasteiger partial charge in [-0.3, -0.25) is 4.79 Å². The first-order valence-electron chi connectivity index (χ1n) is 5.48. The van der Waals surface area contributed by atoms with Gasteiger partial charge in [0.05, 0.1) is 0 Å². The SMILES string of the molecule is CC.O=C(O)Cc1cc(-c2ccccc2)no1. The molecule has 0 amide bonds. The van der Waals surface area contributed by atoms with Crippen LogP contribution in [0.3, 0.4) is 0 Å². The summed E-state index contributed by atoms with van der Waals surface area (Å²) in [6.07, 6.45) is -0.139. The molecule has 2 rings (SSSR count). The van der Waals surface area contributed by atoms with Crippen LogP contribution in [0.25, 0.3) is 11.3 Å². The first-order chi connectivity index (χ1) is 8.25. The molecule has 1 aromatic carbocycles. The molecule has 1 heterocycles. The average Bonchev–Trinajstić information content (AvgIpc) is 2.80. The van der Waals surface area contributed by atoms with Gasteiger partial charge in [-0.2, -0.15) is 0 Å². The molecule has 0 aliphatic carbocycles. The third kappa shape index (κ3) is 3.75. The topological polar surface area (TPSA) is 63.3 Å². The zero-order valence-corrected chi connectivity index (χ0v) is 9.88. The summed E-state index contributed by atoms with van der Waals surface area (Å²) in [4.78, 5) is 10.4. The fourth-order valence-electron chi connectivity index (χ4n) is 1.29. The van der Waals surface area contributed by atoms with Crippen molar-refractivity contribution in [3.63, 3.8) is 0 Å². The lowest BCUT2D eigenvalue weighted by Gasteiger charge is -1.91. The van der Waals surface area contributed by atoms with E-state index in [4.69, 9.17) is 9.63 Å². The highest BCUT2D eigenvalue weighted by atomic mass is 16.5. The van der Waals surface area contributed by atoms with Gasteiger partial charge in [-0.25, -0.2) is 0 Å². The third-order valence-corrected chi connectivity index (χ3v) is 1.95. The molecular formula is C13H15NO3. The Morgan fingerprint density at radius 1 is 1.29 bits per heavy atom. The number of aliphatic carboxylic acids is 1. The molecule has 1 N–H and O–H groups in total. The lowest BCUT2D eigenvalue weighted by atomic mass is 10.1. The fraction of sp³-hybridized carbons (Fsp3) is 0.231. The monoisotopic (exact) mass is 233 g/mol. The van der Waals surface area contributed by atoms with Gasteiger partial charge in [-0.1, -0.05) is 49.3 Å². The van der Waals surface area contributed by atoms with Crippen LogP contribution in [0, 0.1) is 0 Å². The molecule has 0 aliphatic rings. The summed E-state index contributed by atoms with van der Waals surface area (Å²) in [6, 6.07) is 11.1. The van der Waals surface area contributed by atoms with E-state index in [0.717, 1.165) is 5.56 Å². The van der Waals surface area contributed by atoms with Crippen LogP contribution in [0.4, 0.5) is 0 Å². The largest absolute Gasteiger partial charge is 0.481 e. The number of hydrogen-bond donors (Lipinski definition) is 1. The van der Waals surface area contributed by atoms with Crippen molar-refractivity contribution in [1.29, 1.82) is 0 Å². The minimum absolute atomic E-state index is 0.139. The van der Waals surface area contributed by atoms with Gasteiger partial charge >= 0.3 is 5.97 Å². The lowest BCUT2D eigenvalue weighted by Crippen LogP contribution is -1.97. The van der Waals surface area contributed by atoms with Gasteiger partial charge in [0.2, 0.25) is 0 Å². The number of carboxylic acids is 1. The Morgan fingerprint density at radius 3 is 2.53 bits per heavy atom. The van der Waals surface area contributed by atoms with Crippen LogP contribution in [-0.4, -0.2) is 16.2 Å². The van der Waals surface area contributed by atoms with Gasteiger partial charge in [0.1, 0.15) is 17.9 Å². The van der Waals surface area contributed by atoms with E-state index >= 15 is 0 Å². The van der Waals surface area contributed by atoms with E-state index in [-0.39, 0.29) is 6.42 Å². The zero-order chi connectivity index (χ0) is 12.7. The molecule has 0 radical (unpaired) electrons. The van der Waals surface area contributed by atoms with E-state index < -0.39 is 5.97 Å². The summed E-state index contributed by atoms with van der Waals surface area (Å²) in [6.45, 7) is 4.00. The molecule has 2 aromatic rings. The van der Waals surface area contributed by atoms with Crippen molar-refractivity contribution in [1.82, 2.24) is 5.16 Å². The van der Waals surface area contributed by atoms with Crippen molar-refractivity contribution >= 4 is 5.97 Å². The number of nitrogens with zero attached hydrogens (tertiary/aromatic N) is 1. The normalized spacial score (nSPS) is 9.29. The van der Waals surface area contributed by atoms with Gasteiger partial charge in [0.15, 0.2) is 0 Å². The molecule has 90 valence electrons. The number of carboxylic acid groups (broad SMARTS) is 1. The predicted octanol–water partition coefficient (Wildman–Crippen LogP) is 2.99. The van der Waals surface area contributed by atoms with Crippen LogP contribution in [-0.2, 0) is 11.2 Å². The number of carbonyl (C=O) groups is 1. The Hall–Kier alpha value is -2.10. The molecule has 0 bridgehead atoms. The average molecular weight is 233 g/mol. The van der Waals surface area contributed by atoms with Crippen molar-refractivity contribution < 1.29 is 14.4 Å². The van der Waals surface area contributed by atoms with Crippen molar-refractivity contribution in [3.8, 4) is 11.3 Å². The molecule has 4 nitrogen and oxygen atoms in total. The Kier molecular flexibility index (Phi) is 4.94. The first-order valence-corrected chi connectivity index (χ1v) is 5.48. The third-order valence-electron chi connectivity index (χ3n) is 1.95. The maximum atomic E-state index is 10.4. The maximum Gasteiger partial charge on any atom is 0.311 e. The molecule has 0 saturated carbocycles. The Bertz CT molecular complexity index is 463. The summed E-state index contributed by atoms with van der Waals surface area (Å²) in [5.74, 6) is -0.563. The molecule has 0 fully saturated rings. The van der Waals surface area contributed by atoms with E-state index in [1.54, 1.807) is 6.07 Å². The Balaban J connectivity index is 0.000000686. The Morgan fingerprint density at radius 2 is 1.94 bits per heavy atom. The summed E-state index contributed by atoms with van der Waals surface area (Å²) >= 11 is 0. The van der Waals surface area contributed by atoms with Crippen molar-refractivity contribution in [2.45, 2.75) is 20.3 Å². The highest BCUT2D eigenvalue weighted by Gasteiger charge is 2.08. The highest BCUT2D eigenvalue weighted by Crippen LogP contribution is 2.18. The van der Waals surface area contributed by atoms with E-state index in [1.165, 1.54) is 0 Å². The molecule has 0 saturated heterocycles. The van der Waals surface area contributed by atoms with E-state index in [0.29, 0.717) is 11.5 Å². The molecule has 17 heavy (non-hydrogen) atoms. The van der Waals surface area contributed by atoms with E-state index in [9.17, 15) is 4.79 Å².